The smallest absolute Gasteiger partial charge is 0.240 e. The zero-order chi connectivity index (χ0) is 16.8. The van der Waals surface area contributed by atoms with Crippen LogP contribution in [0.5, 0.6) is 0 Å². The van der Waals surface area contributed by atoms with Crippen molar-refractivity contribution in [1.29, 1.82) is 0 Å². The van der Waals surface area contributed by atoms with Gasteiger partial charge in [-0.2, -0.15) is 5.10 Å². The average Bonchev–Trinajstić information content (AvgIpc) is 3.12. The minimum atomic E-state index is -0.295. The van der Waals surface area contributed by atoms with Gasteiger partial charge in [-0.1, -0.05) is 18.2 Å². The number of fused-ring (bicyclic) bond motifs is 1. The van der Waals surface area contributed by atoms with Crippen LogP contribution in [0.25, 0.3) is 0 Å². The maximum Gasteiger partial charge on any atom is 0.240 e. The fraction of sp³-hybridized carbons (Fsp3) is 0.278. The van der Waals surface area contributed by atoms with E-state index in [1.807, 2.05) is 24.3 Å². The quantitative estimate of drug-likeness (QED) is 0.678. The van der Waals surface area contributed by atoms with Crippen molar-refractivity contribution in [1.82, 2.24) is 5.43 Å². The van der Waals surface area contributed by atoms with Gasteiger partial charge in [-0.05, 0) is 36.6 Å². The van der Waals surface area contributed by atoms with Gasteiger partial charge in [0.05, 0.1) is 12.5 Å². The molecule has 0 bridgehead atoms. The molecule has 0 atom stereocenters. The fourth-order valence-electron chi connectivity index (χ4n) is 2.74. The van der Waals surface area contributed by atoms with Gasteiger partial charge in [-0.3, -0.25) is 9.59 Å². The lowest BCUT2D eigenvalue weighted by Crippen LogP contribution is -2.36. The molecule has 24 heavy (non-hydrogen) atoms. The summed E-state index contributed by atoms with van der Waals surface area (Å²) in [5.41, 5.74) is 4.55. The third-order valence-electron chi connectivity index (χ3n) is 3.90. The molecule has 3 rings (SSSR count). The molecular weight excluding hydrogens is 306 g/mol. The minimum absolute atomic E-state index is 0.0349. The highest BCUT2D eigenvalue weighted by Crippen LogP contribution is 2.27. The summed E-state index contributed by atoms with van der Waals surface area (Å²) in [5.74, 6) is 0.222. The molecule has 2 amide bonds. The Morgan fingerprint density at radius 1 is 1.21 bits per heavy atom. The molecule has 1 aliphatic rings. The summed E-state index contributed by atoms with van der Waals surface area (Å²) >= 11 is 0. The van der Waals surface area contributed by atoms with E-state index in [0.717, 1.165) is 18.5 Å². The monoisotopic (exact) mass is 325 g/mol. The molecule has 0 saturated heterocycles. The summed E-state index contributed by atoms with van der Waals surface area (Å²) < 4.78 is 5.06. The SMILES string of the molecule is O=C(CCC(=O)N1CCCc2ccccc21)N/N=C/c1ccco1. The van der Waals surface area contributed by atoms with E-state index in [4.69, 9.17) is 4.42 Å². The van der Waals surface area contributed by atoms with Crippen LogP contribution >= 0.6 is 0 Å². The van der Waals surface area contributed by atoms with Gasteiger partial charge in [-0.25, -0.2) is 5.43 Å². The van der Waals surface area contributed by atoms with E-state index in [1.165, 1.54) is 18.0 Å². The van der Waals surface area contributed by atoms with Gasteiger partial charge in [0.1, 0.15) is 5.76 Å². The number of amides is 2. The summed E-state index contributed by atoms with van der Waals surface area (Å²) in [6.07, 6.45) is 5.15. The molecule has 6 heteroatoms. The fourth-order valence-corrected chi connectivity index (χ4v) is 2.74. The minimum Gasteiger partial charge on any atom is -0.463 e. The van der Waals surface area contributed by atoms with Crippen molar-refractivity contribution in [2.75, 3.05) is 11.4 Å². The first-order chi connectivity index (χ1) is 11.7. The molecule has 2 heterocycles. The first kappa shape index (κ1) is 16.0. The van der Waals surface area contributed by atoms with Crippen LogP contribution in [-0.4, -0.2) is 24.6 Å². The van der Waals surface area contributed by atoms with Crippen molar-refractivity contribution in [3.8, 4) is 0 Å². The van der Waals surface area contributed by atoms with Crippen molar-refractivity contribution in [3.63, 3.8) is 0 Å². The molecule has 1 aromatic heterocycles. The molecule has 1 aromatic carbocycles. The van der Waals surface area contributed by atoms with Crippen LogP contribution in [0.2, 0.25) is 0 Å². The maximum absolute atomic E-state index is 12.4. The van der Waals surface area contributed by atoms with Crippen LogP contribution in [0.4, 0.5) is 5.69 Å². The van der Waals surface area contributed by atoms with E-state index in [2.05, 4.69) is 10.5 Å². The van der Waals surface area contributed by atoms with Crippen LogP contribution in [0.1, 0.15) is 30.6 Å². The van der Waals surface area contributed by atoms with E-state index in [9.17, 15) is 9.59 Å². The molecule has 1 N–H and O–H groups in total. The van der Waals surface area contributed by atoms with Crippen LogP contribution in [0.15, 0.2) is 52.2 Å². The number of hydrogen-bond acceptors (Lipinski definition) is 4. The summed E-state index contributed by atoms with van der Waals surface area (Å²) in [5, 5.41) is 3.80. The number of carbonyl (C=O) groups excluding carboxylic acids is 2. The standard InChI is InChI=1S/C18H19N3O3/c22-17(20-19-13-15-7-4-12-24-15)9-10-18(23)21-11-3-6-14-5-1-2-8-16(14)21/h1-2,4-5,7-8,12-13H,3,6,9-11H2,(H,20,22)/b19-13+. The molecular formula is C18H19N3O3. The zero-order valence-corrected chi connectivity index (χ0v) is 13.3. The number of carbonyl (C=O) groups is 2. The third-order valence-corrected chi connectivity index (χ3v) is 3.90. The van der Waals surface area contributed by atoms with E-state index >= 15 is 0 Å². The maximum atomic E-state index is 12.4. The van der Waals surface area contributed by atoms with E-state index in [1.54, 1.807) is 17.0 Å². The number of benzene rings is 1. The molecule has 0 fully saturated rings. The molecule has 6 nitrogen and oxygen atoms in total. The number of anilines is 1. The lowest BCUT2D eigenvalue weighted by molar-refractivity contribution is -0.125. The number of aryl methyl sites for hydroxylation is 1. The Labute approximate surface area is 140 Å². The van der Waals surface area contributed by atoms with Gasteiger partial charge in [0.15, 0.2) is 0 Å². The number of para-hydroxylation sites is 1. The summed E-state index contributed by atoms with van der Waals surface area (Å²) in [4.78, 5) is 26.0. The zero-order valence-electron chi connectivity index (χ0n) is 13.3. The van der Waals surface area contributed by atoms with Crippen LogP contribution in [0.3, 0.4) is 0 Å². The first-order valence-corrected chi connectivity index (χ1v) is 7.98. The highest BCUT2D eigenvalue weighted by Gasteiger charge is 2.22. The normalized spacial score (nSPS) is 13.8. The molecule has 0 radical (unpaired) electrons. The highest BCUT2D eigenvalue weighted by molar-refractivity contribution is 5.96. The molecule has 0 unspecified atom stereocenters. The molecule has 0 aliphatic carbocycles. The van der Waals surface area contributed by atoms with E-state index in [-0.39, 0.29) is 24.7 Å². The van der Waals surface area contributed by atoms with Crippen LogP contribution < -0.4 is 10.3 Å². The molecule has 124 valence electrons. The Bertz CT molecular complexity index is 738. The average molecular weight is 325 g/mol. The van der Waals surface area contributed by atoms with Gasteiger partial charge >= 0.3 is 0 Å². The van der Waals surface area contributed by atoms with Crippen molar-refractivity contribution in [2.45, 2.75) is 25.7 Å². The van der Waals surface area contributed by atoms with Gasteiger partial charge < -0.3 is 9.32 Å². The Morgan fingerprint density at radius 2 is 2.08 bits per heavy atom. The molecule has 1 aliphatic heterocycles. The van der Waals surface area contributed by atoms with Crippen molar-refractivity contribution < 1.29 is 14.0 Å². The Balaban J connectivity index is 1.50. The second kappa shape index (κ2) is 7.59. The molecule has 0 saturated carbocycles. The second-order valence-electron chi connectivity index (χ2n) is 5.59. The number of rotatable bonds is 5. The Kier molecular flexibility index (Phi) is 5.05. The summed E-state index contributed by atoms with van der Waals surface area (Å²) in [7, 11) is 0. The number of furan rings is 1. The molecule has 2 aromatic rings. The third kappa shape index (κ3) is 3.90. The Morgan fingerprint density at radius 3 is 2.92 bits per heavy atom. The van der Waals surface area contributed by atoms with Crippen LogP contribution in [-0.2, 0) is 16.0 Å². The number of hydrazone groups is 1. The van der Waals surface area contributed by atoms with Crippen LogP contribution in [0, 0.1) is 0 Å². The topological polar surface area (TPSA) is 74.9 Å². The lowest BCUT2D eigenvalue weighted by atomic mass is 10.0. The van der Waals surface area contributed by atoms with Crippen molar-refractivity contribution in [3.05, 3.63) is 54.0 Å². The van der Waals surface area contributed by atoms with Crippen molar-refractivity contribution in [2.24, 2.45) is 5.10 Å². The largest absolute Gasteiger partial charge is 0.463 e. The van der Waals surface area contributed by atoms with E-state index < -0.39 is 0 Å². The van der Waals surface area contributed by atoms with E-state index in [0.29, 0.717) is 12.3 Å². The lowest BCUT2D eigenvalue weighted by Gasteiger charge is -2.29. The predicted molar refractivity (Wildman–Crippen MR) is 90.8 cm³/mol. The predicted octanol–water partition coefficient (Wildman–Crippen LogP) is 2.49. The van der Waals surface area contributed by atoms with Gasteiger partial charge in [0.25, 0.3) is 0 Å². The number of hydrogen-bond donors (Lipinski definition) is 1. The molecule has 0 spiro atoms. The number of nitrogens with one attached hydrogen (secondary N) is 1. The van der Waals surface area contributed by atoms with Gasteiger partial charge in [0, 0.05) is 25.1 Å². The summed E-state index contributed by atoms with van der Waals surface area (Å²) in [6.45, 7) is 0.702. The first-order valence-electron chi connectivity index (χ1n) is 7.98. The van der Waals surface area contributed by atoms with Gasteiger partial charge in [-0.15, -0.1) is 0 Å². The second-order valence-corrected chi connectivity index (χ2v) is 5.59. The number of nitrogens with zero attached hydrogens (tertiary/aromatic N) is 2. The Hall–Kier alpha value is -2.89. The summed E-state index contributed by atoms with van der Waals surface area (Å²) in [6, 6.07) is 11.4. The van der Waals surface area contributed by atoms with Crippen molar-refractivity contribution >= 4 is 23.7 Å². The van der Waals surface area contributed by atoms with Gasteiger partial charge in [0.2, 0.25) is 11.8 Å². The highest BCUT2D eigenvalue weighted by atomic mass is 16.3.